The van der Waals surface area contributed by atoms with Crippen LogP contribution in [0.2, 0.25) is 18.1 Å². The Bertz CT molecular complexity index is 1040. The second kappa shape index (κ2) is 7.37. The fourth-order valence-corrected chi connectivity index (χ4v) is 7.44. The summed E-state index contributed by atoms with van der Waals surface area (Å²) >= 11 is 0. The Morgan fingerprint density at radius 1 is 1.00 bits per heavy atom. The monoisotopic (exact) mass is 466 g/mol. The van der Waals surface area contributed by atoms with Crippen molar-refractivity contribution in [1.82, 2.24) is 4.90 Å². The summed E-state index contributed by atoms with van der Waals surface area (Å²) in [7, 11) is -2.01. The summed E-state index contributed by atoms with van der Waals surface area (Å²) in [5.74, 6) is -1.11. The van der Waals surface area contributed by atoms with Gasteiger partial charge in [0.25, 0.3) is 0 Å². The van der Waals surface area contributed by atoms with E-state index in [0.717, 1.165) is 0 Å². The van der Waals surface area contributed by atoms with Crippen LogP contribution in [0.15, 0.2) is 42.0 Å². The molecule has 0 saturated carbocycles. The minimum atomic E-state index is -2.01. The number of carbonyl (C=O) groups excluding carboxylic acids is 3. The van der Waals surface area contributed by atoms with Crippen molar-refractivity contribution in [3.8, 4) is 0 Å². The molecule has 1 aromatic carbocycles. The summed E-state index contributed by atoms with van der Waals surface area (Å²) in [6.07, 6.45) is 2.54. The average molecular weight is 467 g/mol. The number of amides is 3. The number of anilines is 1. The number of benzene rings is 1. The Labute approximate surface area is 197 Å². The van der Waals surface area contributed by atoms with E-state index in [0.29, 0.717) is 18.7 Å². The maximum atomic E-state index is 13.5. The maximum absolute atomic E-state index is 13.5. The highest BCUT2D eigenvalue weighted by atomic mass is 28.4. The van der Waals surface area contributed by atoms with Gasteiger partial charge in [0.1, 0.15) is 0 Å². The van der Waals surface area contributed by atoms with Gasteiger partial charge >= 0.3 is 0 Å². The van der Waals surface area contributed by atoms with Crippen LogP contribution < -0.4 is 4.90 Å². The summed E-state index contributed by atoms with van der Waals surface area (Å²) < 4.78 is 6.60. The average Bonchev–Trinajstić information content (AvgIpc) is 3.19. The van der Waals surface area contributed by atoms with Crippen LogP contribution in [0.5, 0.6) is 0 Å². The van der Waals surface area contributed by atoms with Crippen molar-refractivity contribution < 1.29 is 18.8 Å². The normalized spacial score (nSPS) is 32.2. The van der Waals surface area contributed by atoms with Gasteiger partial charge in [0.15, 0.2) is 8.32 Å². The van der Waals surface area contributed by atoms with Crippen LogP contribution in [-0.4, -0.2) is 49.6 Å². The Morgan fingerprint density at radius 3 is 2.30 bits per heavy atom. The van der Waals surface area contributed by atoms with E-state index in [1.165, 1.54) is 10.5 Å². The molecule has 0 bridgehead atoms. The molecule has 0 spiro atoms. The second-order valence-corrected chi connectivity index (χ2v) is 16.3. The zero-order valence-electron chi connectivity index (χ0n) is 20.4. The molecule has 6 nitrogen and oxygen atoms in total. The predicted octanol–water partition coefficient (Wildman–Crippen LogP) is 3.99. The summed E-state index contributed by atoms with van der Waals surface area (Å²) in [5, 5.41) is 0.0702. The molecular formula is C26H34N2O4Si. The molecule has 7 heteroatoms. The molecule has 176 valence electrons. The van der Waals surface area contributed by atoms with Crippen LogP contribution in [-0.2, 0) is 18.8 Å². The first kappa shape index (κ1) is 22.5. The lowest BCUT2D eigenvalue weighted by atomic mass is 9.70. The minimum absolute atomic E-state index is 0.00287. The molecule has 5 rings (SSSR count). The Morgan fingerprint density at radius 2 is 1.67 bits per heavy atom. The summed E-state index contributed by atoms with van der Waals surface area (Å²) in [4.78, 5) is 43.1. The predicted molar refractivity (Wildman–Crippen MR) is 129 cm³/mol. The van der Waals surface area contributed by atoms with E-state index in [-0.39, 0.29) is 58.6 Å². The van der Waals surface area contributed by atoms with Gasteiger partial charge in [-0.2, -0.15) is 0 Å². The molecule has 33 heavy (non-hydrogen) atoms. The summed E-state index contributed by atoms with van der Waals surface area (Å²) in [6.45, 7) is 13.6. The third-order valence-electron chi connectivity index (χ3n) is 8.73. The lowest BCUT2D eigenvalue weighted by Crippen LogP contribution is -2.63. The lowest BCUT2D eigenvalue weighted by molar-refractivity contribution is -0.157. The molecule has 0 aromatic heterocycles. The molecule has 3 heterocycles. The second-order valence-electron chi connectivity index (χ2n) is 11.6. The first-order chi connectivity index (χ1) is 15.4. The van der Waals surface area contributed by atoms with Crippen LogP contribution in [0.4, 0.5) is 5.69 Å². The van der Waals surface area contributed by atoms with E-state index >= 15 is 0 Å². The highest BCUT2D eigenvalue weighted by molar-refractivity contribution is 6.74. The molecular weight excluding hydrogens is 432 g/mol. The number of para-hydroxylation sites is 1. The van der Waals surface area contributed by atoms with Crippen molar-refractivity contribution in [2.45, 2.75) is 64.4 Å². The summed E-state index contributed by atoms with van der Waals surface area (Å²) in [6, 6.07) is 9.18. The molecule has 3 saturated heterocycles. The number of allylic oxidation sites excluding steroid dienone is 1. The first-order valence-electron chi connectivity index (χ1n) is 12.0. The first-order valence-corrected chi connectivity index (χ1v) is 15.0. The van der Waals surface area contributed by atoms with Gasteiger partial charge in [0.05, 0.1) is 35.6 Å². The van der Waals surface area contributed by atoms with E-state index in [1.807, 2.05) is 42.2 Å². The van der Waals surface area contributed by atoms with E-state index in [4.69, 9.17) is 4.43 Å². The SMILES string of the molecule is C[C@@H](O[Si](C)(C)C(C)(C)C)[C@H]1C(=O)N2C[C@@H]3C(=CC[C@@H]4C(=O)N(c5ccccc5)C(=O)[C@@H]43)[C@H]12. The van der Waals surface area contributed by atoms with Gasteiger partial charge in [0.2, 0.25) is 17.7 Å². The molecule has 4 aliphatic rings. The van der Waals surface area contributed by atoms with Gasteiger partial charge in [-0.1, -0.05) is 45.0 Å². The van der Waals surface area contributed by atoms with Gasteiger partial charge in [-0.05, 0) is 49.2 Å². The lowest BCUT2D eigenvalue weighted by Gasteiger charge is -2.48. The molecule has 1 aliphatic carbocycles. The number of fused-ring (bicyclic) bond motifs is 5. The number of carbonyl (C=O) groups is 3. The Kier molecular flexibility index (Phi) is 5.03. The van der Waals surface area contributed by atoms with Crippen molar-refractivity contribution >= 4 is 31.7 Å². The summed E-state index contributed by atoms with van der Waals surface area (Å²) in [5.41, 5.74) is 1.80. The van der Waals surface area contributed by atoms with Crippen molar-refractivity contribution in [2.24, 2.45) is 23.7 Å². The zero-order valence-corrected chi connectivity index (χ0v) is 21.4. The van der Waals surface area contributed by atoms with Gasteiger partial charge in [-0.15, -0.1) is 0 Å². The number of β-lactam (4-membered cyclic amide) rings is 1. The van der Waals surface area contributed by atoms with Gasteiger partial charge in [-0.3, -0.25) is 19.3 Å². The van der Waals surface area contributed by atoms with E-state index in [2.05, 4.69) is 39.9 Å². The van der Waals surface area contributed by atoms with Gasteiger partial charge in [0, 0.05) is 12.5 Å². The van der Waals surface area contributed by atoms with Crippen LogP contribution >= 0.6 is 0 Å². The topological polar surface area (TPSA) is 66.9 Å². The van der Waals surface area contributed by atoms with Crippen LogP contribution in [0, 0.1) is 23.7 Å². The van der Waals surface area contributed by atoms with E-state index in [1.54, 1.807) is 0 Å². The third-order valence-corrected chi connectivity index (χ3v) is 13.3. The molecule has 6 atom stereocenters. The largest absolute Gasteiger partial charge is 0.413 e. The van der Waals surface area contributed by atoms with Crippen molar-refractivity contribution in [3.05, 3.63) is 42.0 Å². The molecule has 0 radical (unpaired) electrons. The van der Waals surface area contributed by atoms with Crippen molar-refractivity contribution in [3.63, 3.8) is 0 Å². The molecule has 3 amide bonds. The molecule has 0 N–H and O–H groups in total. The molecule has 0 unspecified atom stereocenters. The van der Waals surface area contributed by atoms with Crippen LogP contribution in [0.3, 0.4) is 0 Å². The van der Waals surface area contributed by atoms with E-state index < -0.39 is 8.32 Å². The zero-order chi connectivity index (χ0) is 23.9. The maximum Gasteiger partial charge on any atom is 0.238 e. The van der Waals surface area contributed by atoms with Gasteiger partial charge in [-0.25, -0.2) is 0 Å². The Balaban J connectivity index is 1.39. The number of nitrogens with zero attached hydrogens (tertiary/aromatic N) is 2. The molecule has 3 fully saturated rings. The molecule has 3 aliphatic heterocycles. The highest BCUT2D eigenvalue weighted by Gasteiger charge is 2.64. The van der Waals surface area contributed by atoms with Gasteiger partial charge < -0.3 is 9.33 Å². The third kappa shape index (κ3) is 3.19. The fourth-order valence-electron chi connectivity index (χ4n) is 6.01. The Hall–Kier alpha value is -2.25. The number of imide groups is 1. The van der Waals surface area contributed by atoms with E-state index in [9.17, 15) is 14.4 Å². The number of rotatable bonds is 4. The number of hydrogen-bond donors (Lipinski definition) is 0. The minimum Gasteiger partial charge on any atom is -0.413 e. The standard InChI is InChI=1S/C26H34N2O4Si/c1-15(32-33(5,6)26(2,3)4)20-22-17-12-13-18-21(19(17)14-27(22)24(20)30)25(31)28(23(18)29)16-10-8-7-9-11-16/h7-12,15,18-22H,13-14H2,1-6H3/t15-,18+,19-,20-,21+,22-/m1/s1. The van der Waals surface area contributed by atoms with Crippen LogP contribution in [0.1, 0.15) is 34.1 Å². The number of hydrogen-bond acceptors (Lipinski definition) is 4. The quantitative estimate of drug-likeness (QED) is 0.291. The van der Waals surface area contributed by atoms with Crippen molar-refractivity contribution in [2.75, 3.05) is 11.4 Å². The fraction of sp³-hybridized carbons (Fsp3) is 0.577. The van der Waals surface area contributed by atoms with Crippen LogP contribution in [0.25, 0.3) is 0 Å². The van der Waals surface area contributed by atoms with Crippen molar-refractivity contribution in [1.29, 1.82) is 0 Å². The molecule has 1 aromatic rings. The highest BCUT2D eigenvalue weighted by Crippen LogP contribution is 2.53. The smallest absolute Gasteiger partial charge is 0.238 e.